The number of carbonyl (C=O) groups excluding carboxylic acids is 1. The number of ether oxygens (including phenoxy) is 2. The van der Waals surface area contributed by atoms with Gasteiger partial charge in [-0.3, -0.25) is 9.78 Å². The van der Waals surface area contributed by atoms with E-state index in [1.165, 1.54) is 12.1 Å². The Bertz CT molecular complexity index is 1290. The summed E-state index contributed by atoms with van der Waals surface area (Å²) in [6.07, 6.45) is 0. The molecule has 0 saturated heterocycles. The number of hydrogen-bond donors (Lipinski definition) is 1. The van der Waals surface area contributed by atoms with Crippen LogP contribution in [0.2, 0.25) is 0 Å². The lowest BCUT2D eigenvalue weighted by atomic mass is 9.98. The SMILES string of the molecule is COc1ccc(CNC(=O)c2cc(C)nc3c(-c4ccc(F)cc4)cccc23)c(OC)c1. The molecule has 32 heavy (non-hydrogen) atoms. The van der Waals surface area contributed by atoms with Gasteiger partial charge in [-0.05, 0) is 42.8 Å². The van der Waals surface area contributed by atoms with E-state index in [1.54, 1.807) is 38.5 Å². The predicted molar refractivity (Wildman–Crippen MR) is 123 cm³/mol. The Morgan fingerprint density at radius 1 is 1.00 bits per heavy atom. The molecule has 4 aromatic rings. The lowest BCUT2D eigenvalue weighted by Crippen LogP contribution is -2.23. The molecule has 5 nitrogen and oxygen atoms in total. The number of amides is 1. The van der Waals surface area contributed by atoms with Crippen molar-refractivity contribution in [3.8, 4) is 22.6 Å². The van der Waals surface area contributed by atoms with Crippen LogP contribution in [0.1, 0.15) is 21.6 Å². The fraction of sp³-hybridized carbons (Fsp3) is 0.154. The summed E-state index contributed by atoms with van der Waals surface area (Å²) >= 11 is 0. The van der Waals surface area contributed by atoms with Crippen molar-refractivity contribution in [2.24, 2.45) is 0 Å². The normalized spacial score (nSPS) is 10.8. The molecule has 3 aromatic carbocycles. The molecule has 0 spiro atoms. The molecule has 0 fully saturated rings. The van der Waals surface area contributed by atoms with Crippen LogP contribution in [0.15, 0.2) is 66.7 Å². The first-order valence-corrected chi connectivity index (χ1v) is 10.2. The van der Waals surface area contributed by atoms with E-state index < -0.39 is 0 Å². The van der Waals surface area contributed by atoms with Gasteiger partial charge in [0, 0.05) is 34.8 Å². The van der Waals surface area contributed by atoms with Crippen molar-refractivity contribution in [3.05, 3.63) is 89.4 Å². The second-order valence-electron chi connectivity index (χ2n) is 7.38. The molecule has 0 saturated carbocycles. The minimum absolute atomic E-state index is 0.213. The van der Waals surface area contributed by atoms with Gasteiger partial charge in [-0.2, -0.15) is 0 Å². The number of hydrogen-bond acceptors (Lipinski definition) is 4. The van der Waals surface area contributed by atoms with Crippen molar-refractivity contribution >= 4 is 16.8 Å². The summed E-state index contributed by atoms with van der Waals surface area (Å²) < 4.78 is 24.0. The van der Waals surface area contributed by atoms with Crippen molar-refractivity contribution in [2.75, 3.05) is 14.2 Å². The van der Waals surface area contributed by atoms with E-state index >= 15 is 0 Å². The molecular weight excluding hydrogens is 407 g/mol. The van der Waals surface area contributed by atoms with Crippen molar-refractivity contribution in [1.29, 1.82) is 0 Å². The largest absolute Gasteiger partial charge is 0.497 e. The Balaban J connectivity index is 1.68. The van der Waals surface area contributed by atoms with Gasteiger partial charge in [-0.1, -0.05) is 30.3 Å². The molecule has 0 radical (unpaired) electrons. The Kier molecular flexibility index (Phi) is 6.03. The fourth-order valence-electron chi connectivity index (χ4n) is 3.70. The van der Waals surface area contributed by atoms with E-state index in [9.17, 15) is 9.18 Å². The highest BCUT2D eigenvalue weighted by molar-refractivity contribution is 6.09. The van der Waals surface area contributed by atoms with Crippen molar-refractivity contribution in [3.63, 3.8) is 0 Å². The number of aryl methyl sites for hydroxylation is 1. The lowest BCUT2D eigenvalue weighted by molar-refractivity contribution is 0.0952. The van der Waals surface area contributed by atoms with E-state index in [4.69, 9.17) is 9.47 Å². The first-order valence-electron chi connectivity index (χ1n) is 10.2. The predicted octanol–water partition coefficient (Wildman–Crippen LogP) is 5.30. The zero-order chi connectivity index (χ0) is 22.7. The van der Waals surface area contributed by atoms with Gasteiger partial charge in [0.1, 0.15) is 17.3 Å². The van der Waals surface area contributed by atoms with Crippen LogP contribution in [-0.2, 0) is 6.54 Å². The molecule has 0 atom stereocenters. The molecule has 6 heteroatoms. The topological polar surface area (TPSA) is 60.5 Å². The van der Waals surface area contributed by atoms with Gasteiger partial charge < -0.3 is 14.8 Å². The quantitative estimate of drug-likeness (QED) is 0.451. The number of carbonyl (C=O) groups is 1. The number of aromatic nitrogens is 1. The van der Waals surface area contributed by atoms with Gasteiger partial charge in [-0.15, -0.1) is 0 Å². The maximum Gasteiger partial charge on any atom is 0.252 e. The average molecular weight is 430 g/mol. The van der Waals surface area contributed by atoms with Gasteiger partial charge >= 0.3 is 0 Å². The number of nitrogens with one attached hydrogen (secondary N) is 1. The highest BCUT2D eigenvalue weighted by Gasteiger charge is 2.16. The van der Waals surface area contributed by atoms with Crippen LogP contribution >= 0.6 is 0 Å². The van der Waals surface area contributed by atoms with Gasteiger partial charge in [0.15, 0.2) is 0 Å². The minimum atomic E-state index is -0.299. The van der Waals surface area contributed by atoms with E-state index in [1.807, 2.05) is 37.3 Å². The summed E-state index contributed by atoms with van der Waals surface area (Å²) in [6, 6.07) is 19.2. The molecule has 162 valence electrons. The molecule has 0 aliphatic carbocycles. The standard InChI is InChI=1S/C26H23FN2O3/c1-16-13-23(26(30)28-15-18-9-12-20(31-2)14-24(18)32-3)22-6-4-5-21(25(22)29-16)17-7-10-19(27)11-8-17/h4-14H,15H2,1-3H3,(H,28,30). The van der Waals surface area contributed by atoms with E-state index in [-0.39, 0.29) is 11.7 Å². The van der Waals surface area contributed by atoms with Crippen LogP contribution < -0.4 is 14.8 Å². The van der Waals surface area contributed by atoms with Gasteiger partial charge in [0.05, 0.1) is 25.3 Å². The van der Waals surface area contributed by atoms with Gasteiger partial charge in [-0.25, -0.2) is 4.39 Å². The fourth-order valence-corrected chi connectivity index (χ4v) is 3.70. The molecule has 1 amide bonds. The number of rotatable bonds is 6. The van der Waals surface area contributed by atoms with Gasteiger partial charge in [0.25, 0.3) is 5.91 Å². The average Bonchev–Trinajstić information content (AvgIpc) is 2.82. The number of benzene rings is 3. The van der Waals surface area contributed by atoms with E-state index in [0.717, 1.165) is 27.8 Å². The summed E-state index contributed by atoms with van der Waals surface area (Å²) in [4.78, 5) is 17.8. The maximum atomic E-state index is 13.4. The molecular formula is C26H23FN2O3. The van der Waals surface area contributed by atoms with Crippen LogP contribution in [0.3, 0.4) is 0 Å². The molecule has 0 unspecified atom stereocenters. The number of halogens is 1. The Morgan fingerprint density at radius 3 is 2.50 bits per heavy atom. The number of pyridine rings is 1. The molecule has 0 aliphatic heterocycles. The van der Waals surface area contributed by atoms with Crippen molar-refractivity contribution in [2.45, 2.75) is 13.5 Å². The maximum absolute atomic E-state index is 13.4. The molecule has 0 bridgehead atoms. The third-order valence-corrected chi connectivity index (χ3v) is 5.30. The van der Waals surface area contributed by atoms with Gasteiger partial charge in [0.2, 0.25) is 0 Å². The lowest BCUT2D eigenvalue weighted by Gasteiger charge is -2.14. The van der Waals surface area contributed by atoms with Crippen LogP contribution in [0.25, 0.3) is 22.0 Å². The Hall–Kier alpha value is -3.93. The third-order valence-electron chi connectivity index (χ3n) is 5.30. The van der Waals surface area contributed by atoms with Crippen molar-refractivity contribution in [1.82, 2.24) is 10.3 Å². The summed E-state index contributed by atoms with van der Waals surface area (Å²) in [5, 5.41) is 3.71. The van der Waals surface area contributed by atoms with E-state index in [2.05, 4.69) is 10.3 Å². The third kappa shape index (κ3) is 4.25. The summed E-state index contributed by atoms with van der Waals surface area (Å²) in [5.41, 5.74) is 4.47. The summed E-state index contributed by atoms with van der Waals surface area (Å²) in [5.74, 6) is 0.807. The molecule has 4 rings (SSSR count). The zero-order valence-electron chi connectivity index (χ0n) is 18.1. The first-order chi connectivity index (χ1) is 15.5. The van der Waals surface area contributed by atoms with Crippen LogP contribution in [0, 0.1) is 12.7 Å². The Morgan fingerprint density at radius 2 is 1.78 bits per heavy atom. The Labute approximate surface area is 185 Å². The highest BCUT2D eigenvalue weighted by atomic mass is 19.1. The molecule has 1 heterocycles. The van der Waals surface area contributed by atoms with E-state index in [0.29, 0.717) is 29.1 Å². The van der Waals surface area contributed by atoms with Crippen LogP contribution in [0.4, 0.5) is 4.39 Å². The number of para-hydroxylation sites is 1. The monoisotopic (exact) mass is 430 g/mol. The van der Waals surface area contributed by atoms with Crippen LogP contribution in [0.5, 0.6) is 11.5 Å². The smallest absolute Gasteiger partial charge is 0.252 e. The molecule has 0 aliphatic rings. The van der Waals surface area contributed by atoms with Crippen molar-refractivity contribution < 1.29 is 18.7 Å². The minimum Gasteiger partial charge on any atom is -0.497 e. The number of nitrogens with zero attached hydrogens (tertiary/aromatic N) is 1. The molecule has 1 aromatic heterocycles. The zero-order valence-corrected chi connectivity index (χ0v) is 18.1. The highest BCUT2D eigenvalue weighted by Crippen LogP contribution is 2.30. The first kappa shape index (κ1) is 21.3. The summed E-state index contributed by atoms with van der Waals surface area (Å²) in [6.45, 7) is 2.15. The number of methoxy groups -OCH3 is 2. The number of fused-ring (bicyclic) bond motifs is 1. The second kappa shape index (κ2) is 9.06. The van der Waals surface area contributed by atoms with Crippen LogP contribution in [-0.4, -0.2) is 25.1 Å². The summed E-state index contributed by atoms with van der Waals surface area (Å²) in [7, 11) is 3.17. The second-order valence-corrected chi connectivity index (χ2v) is 7.38. The molecule has 1 N–H and O–H groups in total.